The lowest BCUT2D eigenvalue weighted by Crippen LogP contribution is -2.52. The zero-order chi connectivity index (χ0) is 27.8. The SMILES string of the molecule is O=C(/C=C/c1cc(Cl)cc(Cl)c1)NC(C(=O)NCC(=O)C(F)(F)C(=O)NCC(F)(F)F)c1ccccc1. The summed E-state index contributed by atoms with van der Waals surface area (Å²) in [6.45, 7) is -3.47. The lowest BCUT2D eigenvalue weighted by Gasteiger charge is -2.19. The van der Waals surface area contributed by atoms with Crippen LogP contribution in [0.4, 0.5) is 22.0 Å². The van der Waals surface area contributed by atoms with Crippen molar-refractivity contribution in [2.75, 3.05) is 13.1 Å². The first-order valence-electron chi connectivity index (χ1n) is 10.2. The molecule has 0 saturated heterocycles. The molecule has 0 aliphatic heterocycles. The Morgan fingerprint density at radius 3 is 2.05 bits per heavy atom. The number of benzene rings is 2. The van der Waals surface area contributed by atoms with E-state index in [2.05, 4.69) is 5.32 Å². The highest BCUT2D eigenvalue weighted by Crippen LogP contribution is 2.21. The van der Waals surface area contributed by atoms with Gasteiger partial charge in [0.15, 0.2) is 0 Å². The first kappa shape index (κ1) is 29.7. The van der Waals surface area contributed by atoms with Crippen molar-refractivity contribution < 1.29 is 41.1 Å². The monoisotopic (exact) mass is 565 g/mol. The fraction of sp³-hybridized carbons (Fsp3) is 0.217. The molecule has 0 aliphatic rings. The summed E-state index contributed by atoms with van der Waals surface area (Å²) < 4.78 is 64.3. The lowest BCUT2D eigenvalue weighted by molar-refractivity contribution is -0.163. The summed E-state index contributed by atoms with van der Waals surface area (Å²) in [4.78, 5) is 48.3. The van der Waals surface area contributed by atoms with Gasteiger partial charge >= 0.3 is 12.1 Å². The average Bonchev–Trinajstić information content (AvgIpc) is 2.82. The molecule has 2 aromatic rings. The first-order chi connectivity index (χ1) is 17.2. The van der Waals surface area contributed by atoms with Crippen LogP contribution in [-0.2, 0) is 19.2 Å². The fourth-order valence-electron chi connectivity index (χ4n) is 2.78. The van der Waals surface area contributed by atoms with Gasteiger partial charge in [0.2, 0.25) is 17.6 Å². The summed E-state index contributed by atoms with van der Waals surface area (Å²) in [5.41, 5.74) is 0.680. The molecule has 0 heterocycles. The lowest BCUT2D eigenvalue weighted by atomic mass is 10.1. The smallest absolute Gasteiger partial charge is 0.347 e. The van der Waals surface area contributed by atoms with Gasteiger partial charge in [0, 0.05) is 16.1 Å². The summed E-state index contributed by atoms with van der Waals surface area (Å²) in [5.74, 6) is -11.4. The number of ketones is 1. The Morgan fingerprint density at radius 2 is 1.49 bits per heavy atom. The zero-order valence-electron chi connectivity index (χ0n) is 18.5. The van der Waals surface area contributed by atoms with Crippen LogP contribution in [-0.4, -0.2) is 48.7 Å². The van der Waals surface area contributed by atoms with E-state index in [1.807, 2.05) is 5.32 Å². The number of amides is 3. The number of halogens is 7. The van der Waals surface area contributed by atoms with Gasteiger partial charge in [-0.3, -0.25) is 19.2 Å². The maximum absolute atomic E-state index is 13.9. The Kier molecular flexibility index (Phi) is 10.2. The predicted molar refractivity (Wildman–Crippen MR) is 125 cm³/mol. The highest BCUT2D eigenvalue weighted by molar-refractivity contribution is 6.34. The second-order valence-electron chi connectivity index (χ2n) is 7.40. The summed E-state index contributed by atoms with van der Waals surface area (Å²) in [7, 11) is 0. The van der Waals surface area contributed by atoms with E-state index in [1.165, 1.54) is 48.5 Å². The van der Waals surface area contributed by atoms with Crippen molar-refractivity contribution in [1.29, 1.82) is 0 Å². The summed E-state index contributed by atoms with van der Waals surface area (Å²) in [5, 5.41) is 5.74. The molecule has 1 unspecified atom stereocenters. The van der Waals surface area contributed by atoms with Gasteiger partial charge in [0.1, 0.15) is 12.6 Å². The molecule has 2 aromatic carbocycles. The zero-order valence-corrected chi connectivity index (χ0v) is 20.1. The fourth-order valence-corrected chi connectivity index (χ4v) is 3.32. The molecule has 0 bridgehead atoms. The van der Waals surface area contributed by atoms with Crippen LogP contribution >= 0.6 is 23.2 Å². The maximum atomic E-state index is 13.9. The number of carbonyl (C=O) groups excluding carboxylic acids is 4. The molecular weight excluding hydrogens is 548 g/mol. The molecular formula is C23H18Cl2F5N3O4. The Hall–Kier alpha value is -3.51. The first-order valence-corrected chi connectivity index (χ1v) is 11.0. The molecule has 3 amide bonds. The molecule has 1 atom stereocenters. The molecule has 0 fully saturated rings. The summed E-state index contributed by atoms with van der Waals surface area (Å²) in [6.07, 6.45) is -2.58. The van der Waals surface area contributed by atoms with Crippen LogP contribution in [0, 0.1) is 0 Å². The largest absolute Gasteiger partial charge is 0.405 e. The number of hydrogen-bond donors (Lipinski definition) is 3. The third kappa shape index (κ3) is 9.47. The van der Waals surface area contributed by atoms with Crippen LogP contribution in [0.2, 0.25) is 10.0 Å². The van der Waals surface area contributed by atoms with Gasteiger partial charge in [-0.15, -0.1) is 0 Å². The third-order valence-corrected chi connectivity index (χ3v) is 4.94. The van der Waals surface area contributed by atoms with E-state index in [0.29, 0.717) is 15.6 Å². The van der Waals surface area contributed by atoms with E-state index in [1.54, 1.807) is 6.07 Å². The van der Waals surface area contributed by atoms with Gasteiger partial charge in [-0.1, -0.05) is 53.5 Å². The third-order valence-electron chi connectivity index (χ3n) is 4.50. The Labute approximate surface area is 217 Å². The quantitative estimate of drug-likeness (QED) is 0.231. The van der Waals surface area contributed by atoms with Crippen molar-refractivity contribution in [2.24, 2.45) is 0 Å². The molecule has 37 heavy (non-hydrogen) atoms. The molecule has 0 aliphatic carbocycles. The van der Waals surface area contributed by atoms with E-state index in [0.717, 1.165) is 11.4 Å². The van der Waals surface area contributed by atoms with E-state index < -0.39 is 54.7 Å². The van der Waals surface area contributed by atoms with Crippen LogP contribution in [0.15, 0.2) is 54.6 Å². The number of nitrogens with one attached hydrogen (secondary N) is 3. The van der Waals surface area contributed by atoms with Gasteiger partial charge in [-0.25, -0.2) is 0 Å². The Balaban J connectivity index is 2.09. The van der Waals surface area contributed by atoms with E-state index in [9.17, 15) is 41.1 Å². The van der Waals surface area contributed by atoms with Gasteiger partial charge in [0.25, 0.3) is 5.91 Å². The van der Waals surface area contributed by atoms with Crippen molar-refractivity contribution in [2.45, 2.75) is 18.1 Å². The molecule has 3 N–H and O–H groups in total. The normalized spacial score (nSPS) is 12.6. The maximum Gasteiger partial charge on any atom is 0.405 e. The standard InChI is InChI=1S/C23H18Cl2F5N3O4/c24-15-8-13(9-16(25)10-15)6-7-18(35)33-19(14-4-2-1-3-5-14)20(36)31-11-17(34)23(29,30)21(37)32-12-22(26,27)28/h1-10,19H,11-12H2,(H,31,36)(H,32,37)(H,33,35)/b7-6+. The molecule has 0 aromatic heterocycles. The van der Waals surface area contributed by atoms with Gasteiger partial charge in [0.05, 0.1) is 6.54 Å². The van der Waals surface area contributed by atoms with Crippen LogP contribution in [0.1, 0.15) is 17.2 Å². The molecule has 7 nitrogen and oxygen atoms in total. The van der Waals surface area contributed by atoms with Crippen LogP contribution in [0.25, 0.3) is 6.08 Å². The Morgan fingerprint density at radius 1 is 0.892 bits per heavy atom. The number of rotatable bonds is 10. The minimum atomic E-state index is -4.97. The average molecular weight is 566 g/mol. The number of carbonyl (C=O) groups is 4. The van der Waals surface area contributed by atoms with E-state index in [4.69, 9.17) is 23.2 Å². The second-order valence-corrected chi connectivity index (χ2v) is 8.27. The molecule has 0 radical (unpaired) electrons. The van der Waals surface area contributed by atoms with Crippen LogP contribution in [0.5, 0.6) is 0 Å². The molecule has 0 saturated carbocycles. The topological polar surface area (TPSA) is 104 Å². The van der Waals surface area contributed by atoms with Gasteiger partial charge < -0.3 is 16.0 Å². The molecule has 198 valence electrons. The number of Topliss-reactive ketones (excluding diaryl/α,β-unsaturated/α-hetero) is 1. The van der Waals surface area contributed by atoms with Gasteiger partial charge in [-0.2, -0.15) is 22.0 Å². The van der Waals surface area contributed by atoms with Crippen LogP contribution < -0.4 is 16.0 Å². The molecule has 14 heteroatoms. The minimum Gasteiger partial charge on any atom is -0.347 e. The van der Waals surface area contributed by atoms with Crippen molar-refractivity contribution in [3.63, 3.8) is 0 Å². The predicted octanol–water partition coefficient (Wildman–Crippen LogP) is 3.86. The highest BCUT2D eigenvalue weighted by Gasteiger charge is 2.47. The molecule has 0 spiro atoms. The Bertz CT molecular complexity index is 1170. The second kappa shape index (κ2) is 12.6. The van der Waals surface area contributed by atoms with Gasteiger partial charge in [-0.05, 0) is 35.4 Å². The number of hydrogen-bond acceptors (Lipinski definition) is 4. The highest BCUT2D eigenvalue weighted by atomic mass is 35.5. The van der Waals surface area contributed by atoms with Crippen molar-refractivity contribution in [3.8, 4) is 0 Å². The van der Waals surface area contributed by atoms with Crippen molar-refractivity contribution in [3.05, 3.63) is 75.8 Å². The van der Waals surface area contributed by atoms with Crippen LogP contribution in [0.3, 0.4) is 0 Å². The van der Waals surface area contributed by atoms with E-state index >= 15 is 0 Å². The van der Waals surface area contributed by atoms with E-state index in [-0.39, 0.29) is 5.56 Å². The summed E-state index contributed by atoms with van der Waals surface area (Å²) in [6, 6.07) is 10.6. The number of alkyl halides is 5. The van der Waals surface area contributed by atoms with Crippen molar-refractivity contribution in [1.82, 2.24) is 16.0 Å². The van der Waals surface area contributed by atoms with Crippen molar-refractivity contribution >= 4 is 52.8 Å². The summed E-state index contributed by atoms with van der Waals surface area (Å²) >= 11 is 11.8. The molecule has 2 rings (SSSR count). The minimum absolute atomic E-state index is 0.217.